The Morgan fingerprint density at radius 3 is 2.05 bits per heavy atom. The summed E-state index contributed by atoms with van der Waals surface area (Å²) < 4.78 is 26.9. The highest BCUT2D eigenvalue weighted by molar-refractivity contribution is 7.89. The van der Waals surface area contributed by atoms with E-state index in [2.05, 4.69) is 25.7 Å². The molecule has 0 aliphatic carbocycles. The van der Waals surface area contributed by atoms with Gasteiger partial charge in [-0.2, -0.15) is 4.31 Å². The van der Waals surface area contributed by atoms with Crippen LogP contribution in [0.5, 0.6) is 0 Å². The molecule has 2 heterocycles. The summed E-state index contributed by atoms with van der Waals surface area (Å²) in [5.74, 6) is 0. The predicted octanol–water partition coefficient (Wildman–Crippen LogP) is 2.45. The molecule has 122 valence electrons. The average molecular weight is 322 g/mol. The maximum absolute atomic E-state index is 12.6. The van der Waals surface area contributed by atoms with Gasteiger partial charge in [-0.3, -0.25) is 4.90 Å². The van der Waals surface area contributed by atoms with Gasteiger partial charge in [0.25, 0.3) is 0 Å². The van der Waals surface area contributed by atoms with Gasteiger partial charge in [-0.05, 0) is 49.0 Å². The van der Waals surface area contributed by atoms with Crippen molar-refractivity contribution in [3.05, 3.63) is 29.8 Å². The largest absolute Gasteiger partial charge is 0.298 e. The van der Waals surface area contributed by atoms with Gasteiger partial charge in [0, 0.05) is 19.1 Å². The average Bonchev–Trinajstić information content (AvgIpc) is 2.89. The second-order valence-corrected chi connectivity index (χ2v) is 9.43. The topological polar surface area (TPSA) is 40.6 Å². The second kappa shape index (κ2) is 5.62. The van der Waals surface area contributed by atoms with Crippen LogP contribution < -0.4 is 0 Å². The Morgan fingerprint density at radius 2 is 1.55 bits per heavy atom. The number of sulfonamides is 1. The van der Waals surface area contributed by atoms with Crippen LogP contribution in [-0.4, -0.2) is 49.8 Å². The van der Waals surface area contributed by atoms with Crippen LogP contribution in [0.25, 0.3) is 0 Å². The van der Waals surface area contributed by atoms with Gasteiger partial charge in [0.2, 0.25) is 10.0 Å². The maximum atomic E-state index is 12.6. The van der Waals surface area contributed by atoms with Crippen molar-refractivity contribution in [1.82, 2.24) is 9.21 Å². The van der Waals surface area contributed by atoms with Gasteiger partial charge in [-0.15, -0.1) is 0 Å². The smallest absolute Gasteiger partial charge is 0.243 e. The first-order valence-corrected chi connectivity index (χ1v) is 9.57. The number of rotatable bonds is 3. The molecule has 4 nitrogen and oxygen atoms in total. The first kappa shape index (κ1) is 16.0. The molecule has 0 atom stereocenters. The molecule has 0 amide bonds. The molecule has 2 saturated heterocycles. The monoisotopic (exact) mass is 322 g/mol. The molecule has 2 fully saturated rings. The van der Waals surface area contributed by atoms with Gasteiger partial charge in [-0.25, -0.2) is 8.42 Å². The number of hydrogen-bond donors (Lipinski definition) is 0. The first-order valence-electron chi connectivity index (χ1n) is 8.13. The molecule has 0 saturated carbocycles. The zero-order valence-corrected chi connectivity index (χ0v) is 14.6. The molecule has 3 rings (SSSR count). The summed E-state index contributed by atoms with van der Waals surface area (Å²) in [7, 11) is -3.32. The molecule has 1 aromatic rings. The van der Waals surface area contributed by atoms with E-state index in [9.17, 15) is 8.42 Å². The minimum Gasteiger partial charge on any atom is -0.298 e. The van der Waals surface area contributed by atoms with Crippen molar-refractivity contribution >= 4 is 10.0 Å². The van der Waals surface area contributed by atoms with Crippen LogP contribution in [0.4, 0.5) is 0 Å². The third-order valence-electron chi connectivity index (χ3n) is 4.84. The molecule has 22 heavy (non-hydrogen) atoms. The van der Waals surface area contributed by atoms with Crippen LogP contribution in [-0.2, 0) is 15.4 Å². The molecule has 0 bridgehead atoms. The zero-order valence-electron chi connectivity index (χ0n) is 13.7. The molecule has 1 aromatic carbocycles. The van der Waals surface area contributed by atoms with E-state index in [1.165, 1.54) is 12.8 Å². The van der Waals surface area contributed by atoms with Crippen molar-refractivity contribution in [3.63, 3.8) is 0 Å². The fourth-order valence-electron chi connectivity index (χ4n) is 3.23. The Bertz CT molecular complexity index is 620. The SMILES string of the molecule is CC(C)(C)c1ccc(S(=O)(=O)N2CC(N3CCCC3)C2)cc1. The fraction of sp³-hybridized carbons (Fsp3) is 0.647. The van der Waals surface area contributed by atoms with Crippen molar-refractivity contribution in [3.8, 4) is 0 Å². The first-order chi connectivity index (χ1) is 10.3. The van der Waals surface area contributed by atoms with Crippen LogP contribution in [0.15, 0.2) is 29.2 Å². The van der Waals surface area contributed by atoms with Gasteiger partial charge < -0.3 is 0 Å². The summed E-state index contributed by atoms with van der Waals surface area (Å²) in [6, 6.07) is 7.79. The summed E-state index contributed by atoms with van der Waals surface area (Å²) in [6.07, 6.45) is 2.50. The second-order valence-electron chi connectivity index (χ2n) is 7.49. The summed E-state index contributed by atoms with van der Waals surface area (Å²) in [5, 5.41) is 0. The van der Waals surface area contributed by atoms with Gasteiger partial charge >= 0.3 is 0 Å². The molecule has 2 aliphatic heterocycles. The highest BCUT2D eigenvalue weighted by Gasteiger charge is 2.40. The summed E-state index contributed by atoms with van der Waals surface area (Å²) in [4.78, 5) is 2.84. The number of nitrogens with zero attached hydrogens (tertiary/aromatic N) is 2. The van der Waals surface area contributed by atoms with Crippen LogP contribution in [0.1, 0.15) is 39.2 Å². The Kier molecular flexibility index (Phi) is 4.08. The molecule has 0 unspecified atom stereocenters. The molecule has 2 aliphatic rings. The van der Waals surface area contributed by atoms with E-state index in [-0.39, 0.29) is 5.41 Å². The Labute approximate surface area is 134 Å². The fourth-order valence-corrected chi connectivity index (χ4v) is 4.74. The molecule has 0 aromatic heterocycles. The van der Waals surface area contributed by atoms with E-state index in [4.69, 9.17) is 0 Å². The van der Waals surface area contributed by atoms with Crippen molar-refractivity contribution in [2.45, 2.75) is 50.0 Å². The number of likely N-dealkylation sites (tertiary alicyclic amines) is 1. The van der Waals surface area contributed by atoms with Gasteiger partial charge in [0.05, 0.1) is 4.90 Å². The minimum absolute atomic E-state index is 0.0416. The van der Waals surface area contributed by atoms with Crippen LogP contribution >= 0.6 is 0 Å². The Morgan fingerprint density at radius 1 is 1.00 bits per heavy atom. The van der Waals surface area contributed by atoms with Gasteiger partial charge in [0.1, 0.15) is 0 Å². The third kappa shape index (κ3) is 2.94. The van der Waals surface area contributed by atoms with E-state index >= 15 is 0 Å². The lowest BCUT2D eigenvalue weighted by Crippen LogP contribution is -2.60. The highest BCUT2D eigenvalue weighted by atomic mass is 32.2. The molecule has 0 N–H and O–H groups in total. The normalized spacial score (nSPS) is 22.0. The Balaban J connectivity index is 1.69. The third-order valence-corrected chi connectivity index (χ3v) is 6.69. The van der Waals surface area contributed by atoms with E-state index in [1.807, 2.05) is 12.1 Å². The van der Waals surface area contributed by atoms with E-state index < -0.39 is 10.0 Å². The van der Waals surface area contributed by atoms with E-state index in [1.54, 1.807) is 16.4 Å². The van der Waals surface area contributed by atoms with Gasteiger partial charge in [-0.1, -0.05) is 32.9 Å². The molecular weight excluding hydrogens is 296 g/mol. The minimum atomic E-state index is -3.32. The predicted molar refractivity (Wildman–Crippen MR) is 88.5 cm³/mol. The van der Waals surface area contributed by atoms with Crippen molar-refractivity contribution in [2.24, 2.45) is 0 Å². The van der Waals surface area contributed by atoms with Crippen molar-refractivity contribution in [2.75, 3.05) is 26.2 Å². The maximum Gasteiger partial charge on any atom is 0.243 e. The van der Waals surface area contributed by atoms with Gasteiger partial charge in [0.15, 0.2) is 0 Å². The van der Waals surface area contributed by atoms with E-state index in [0.29, 0.717) is 24.0 Å². The lowest BCUT2D eigenvalue weighted by Gasteiger charge is -2.43. The highest BCUT2D eigenvalue weighted by Crippen LogP contribution is 2.28. The van der Waals surface area contributed by atoms with Crippen LogP contribution in [0, 0.1) is 0 Å². The zero-order chi connectivity index (χ0) is 16.0. The number of hydrogen-bond acceptors (Lipinski definition) is 3. The standard InChI is InChI=1S/C17H26N2O2S/c1-17(2,3)14-6-8-16(9-7-14)22(20,21)19-12-15(13-19)18-10-4-5-11-18/h6-9,15H,4-5,10-13H2,1-3H3. The molecule has 5 heteroatoms. The quantitative estimate of drug-likeness (QED) is 0.858. The summed E-state index contributed by atoms with van der Waals surface area (Å²) in [5.41, 5.74) is 1.20. The molecule has 0 spiro atoms. The van der Waals surface area contributed by atoms with Crippen molar-refractivity contribution < 1.29 is 8.42 Å². The molecular formula is C17H26N2O2S. The van der Waals surface area contributed by atoms with E-state index in [0.717, 1.165) is 18.7 Å². The van der Waals surface area contributed by atoms with Crippen LogP contribution in [0.2, 0.25) is 0 Å². The lowest BCUT2D eigenvalue weighted by atomic mass is 9.87. The Hall–Kier alpha value is -0.910. The number of benzene rings is 1. The lowest BCUT2D eigenvalue weighted by molar-refractivity contribution is 0.110. The summed E-state index contributed by atoms with van der Waals surface area (Å²) >= 11 is 0. The van der Waals surface area contributed by atoms with Crippen LogP contribution in [0.3, 0.4) is 0 Å². The summed E-state index contributed by atoms with van der Waals surface area (Å²) in [6.45, 7) is 9.93. The van der Waals surface area contributed by atoms with Crippen molar-refractivity contribution in [1.29, 1.82) is 0 Å². The molecule has 0 radical (unpaired) electrons.